The van der Waals surface area contributed by atoms with Gasteiger partial charge in [0.1, 0.15) is 6.54 Å². The van der Waals surface area contributed by atoms with Crippen molar-refractivity contribution in [2.45, 2.75) is 46.0 Å². The molecule has 25 heavy (non-hydrogen) atoms. The molecule has 0 aromatic heterocycles. The standard InChI is InChI=1S/C19H28N2O3S/c1-15-9-10-18(13-16(15)2)21(25(3,23)24)14-19(22)20-12-11-17-7-5-4-6-8-17/h7,9-10,13H,4-6,8,11-12,14H2,1-3H3,(H,20,22). The number of allylic oxidation sites excluding steroid dienone is 1. The number of carbonyl (C=O) groups is 1. The first-order valence-electron chi connectivity index (χ1n) is 8.77. The van der Waals surface area contributed by atoms with Crippen molar-refractivity contribution in [3.8, 4) is 0 Å². The van der Waals surface area contributed by atoms with Crippen molar-refractivity contribution in [3.05, 3.63) is 41.0 Å². The lowest BCUT2D eigenvalue weighted by atomic mass is 9.97. The van der Waals surface area contributed by atoms with Crippen LogP contribution in [0, 0.1) is 13.8 Å². The third kappa shape index (κ3) is 5.88. The Bertz CT molecular complexity index is 754. The summed E-state index contributed by atoms with van der Waals surface area (Å²) in [6, 6.07) is 5.41. The Labute approximate surface area is 151 Å². The van der Waals surface area contributed by atoms with Crippen LogP contribution in [0.25, 0.3) is 0 Å². The highest BCUT2D eigenvalue weighted by atomic mass is 32.2. The van der Waals surface area contributed by atoms with E-state index in [0.29, 0.717) is 12.2 Å². The molecule has 0 aliphatic heterocycles. The summed E-state index contributed by atoms with van der Waals surface area (Å²) in [7, 11) is -3.53. The van der Waals surface area contributed by atoms with Gasteiger partial charge >= 0.3 is 0 Å². The molecule has 0 heterocycles. The van der Waals surface area contributed by atoms with E-state index >= 15 is 0 Å². The largest absolute Gasteiger partial charge is 0.354 e. The maximum absolute atomic E-state index is 12.2. The molecule has 0 saturated carbocycles. The van der Waals surface area contributed by atoms with Crippen LogP contribution in [-0.2, 0) is 14.8 Å². The maximum Gasteiger partial charge on any atom is 0.240 e. The molecule has 0 spiro atoms. The van der Waals surface area contributed by atoms with E-state index in [2.05, 4.69) is 11.4 Å². The summed E-state index contributed by atoms with van der Waals surface area (Å²) in [5.41, 5.74) is 4.00. The van der Waals surface area contributed by atoms with E-state index in [1.54, 1.807) is 12.1 Å². The molecule has 1 aliphatic carbocycles. The van der Waals surface area contributed by atoms with Gasteiger partial charge in [-0.15, -0.1) is 0 Å². The number of rotatable bonds is 7. The van der Waals surface area contributed by atoms with Gasteiger partial charge in [-0.2, -0.15) is 0 Å². The van der Waals surface area contributed by atoms with Gasteiger partial charge in [0.25, 0.3) is 0 Å². The third-order valence-electron chi connectivity index (χ3n) is 4.62. The van der Waals surface area contributed by atoms with Gasteiger partial charge in [-0.3, -0.25) is 9.10 Å². The van der Waals surface area contributed by atoms with E-state index in [1.807, 2.05) is 19.9 Å². The van der Waals surface area contributed by atoms with Crippen molar-refractivity contribution >= 4 is 21.6 Å². The minimum Gasteiger partial charge on any atom is -0.354 e. The number of nitrogens with zero attached hydrogens (tertiary/aromatic N) is 1. The summed E-state index contributed by atoms with van der Waals surface area (Å²) in [5, 5.41) is 2.84. The third-order valence-corrected chi connectivity index (χ3v) is 5.76. The molecule has 1 aromatic carbocycles. The van der Waals surface area contributed by atoms with E-state index in [-0.39, 0.29) is 12.5 Å². The summed E-state index contributed by atoms with van der Waals surface area (Å²) >= 11 is 0. The lowest BCUT2D eigenvalue weighted by Crippen LogP contribution is -2.40. The average Bonchev–Trinajstić information content (AvgIpc) is 2.55. The molecular formula is C19H28N2O3S. The van der Waals surface area contributed by atoms with Gasteiger partial charge in [0.2, 0.25) is 15.9 Å². The van der Waals surface area contributed by atoms with Crippen molar-refractivity contribution in [2.75, 3.05) is 23.7 Å². The van der Waals surface area contributed by atoms with Crippen LogP contribution < -0.4 is 9.62 Å². The molecule has 5 nitrogen and oxygen atoms in total. The molecule has 1 aliphatic rings. The number of carbonyl (C=O) groups excluding carboxylic acids is 1. The number of benzene rings is 1. The summed E-state index contributed by atoms with van der Waals surface area (Å²) in [5.74, 6) is -0.278. The SMILES string of the molecule is Cc1ccc(N(CC(=O)NCCC2=CCCCC2)S(C)(=O)=O)cc1C. The predicted octanol–water partition coefficient (Wildman–Crippen LogP) is 3.08. The van der Waals surface area contributed by atoms with Crippen molar-refractivity contribution in [1.29, 1.82) is 0 Å². The molecule has 0 saturated heterocycles. The number of anilines is 1. The molecular weight excluding hydrogens is 336 g/mol. The summed E-state index contributed by atoms with van der Waals surface area (Å²) in [6.07, 6.45) is 8.92. The minimum atomic E-state index is -3.53. The van der Waals surface area contributed by atoms with E-state index < -0.39 is 10.0 Å². The number of sulfonamides is 1. The van der Waals surface area contributed by atoms with Gasteiger partial charge in [-0.1, -0.05) is 17.7 Å². The summed E-state index contributed by atoms with van der Waals surface area (Å²) < 4.78 is 25.4. The van der Waals surface area contributed by atoms with Gasteiger partial charge in [-0.05, 0) is 69.2 Å². The van der Waals surface area contributed by atoms with Crippen LogP contribution >= 0.6 is 0 Å². The Morgan fingerprint density at radius 1 is 1.20 bits per heavy atom. The topological polar surface area (TPSA) is 66.5 Å². The number of amides is 1. The molecule has 0 fully saturated rings. The monoisotopic (exact) mass is 364 g/mol. The van der Waals surface area contributed by atoms with E-state index in [0.717, 1.165) is 41.0 Å². The maximum atomic E-state index is 12.2. The Morgan fingerprint density at radius 3 is 2.56 bits per heavy atom. The Kier molecular flexibility index (Phi) is 6.64. The quantitative estimate of drug-likeness (QED) is 0.756. The van der Waals surface area contributed by atoms with Crippen LogP contribution in [-0.4, -0.2) is 33.7 Å². The Hall–Kier alpha value is -1.82. The zero-order chi connectivity index (χ0) is 18.4. The molecule has 1 N–H and O–H groups in total. The lowest BCUT2D eigenvalue weighted by molar-refractivity contribution is -0.119. The van der Waals surface area contributed by atoms with Crippen molar-refractivity contribution in [3.63, 3.8) is 0 Å². The first kappa shape index (κ1) is 19.5. The average molecular weight is 365 g/mol. The van der Waals surface area contributed by atoms with Gasteiger partial charge in [0.15, 0.2) is 0 Å². The fourth-order valence-electron chi connectivity index (χ4n) is 2.96. The highest BCUT2D eigenvalue weighted by Gasteiger charge is 2.21. The molecule has 138 valence electrons. The zero-order valence-electron chi connectivity index (χ0n) is 15.3. The van der Waals surface area contributed by atoms with Gasteiger partial charge in [0, 0.05) is 6.54 Å². The fourth-order valence-corrected chi connectivity index (χ4v) is 3.81. The first-order valence-corrected chi connectivity index (χ1v) is 10.6. The second kappa shape index (κ2) is 8.52. The second-order valence-electron chi connectivity index (χ2n) is 6.75. The molecule has 1 aromatic rings. The molecule has 2 rings (SSSR count). The zero-order valence-corrected chi connectivity index (χ0v) is 16.2. The Balaban J connectivity index is 1.98. The summed E-state index contributed by atoms with van der Waals surface area (Å²) in [6.45, 7) is 4.25. The molecule has 0 radical (unpaired) electrons. The highest BCUT2D eigenvalue weighted by Crippen LogP contribution is 2.21. The highest BCUT2D eigenvalue weighted by molar-refractivity contribution is 7.92. The summed E-state index contributed by atoms with van der Waals surface area (Å²) in [4.78, 5) is 12.2. The van der Waals surface area contributed by atoms with E-state index in [4.69, 9.17) is 0 Å². The molecule has 0 unspecified atom stereocenters. The molecule has 0 bridgehead atoms. The van der Waals surface area contributed by atoms with Crippen molar-refractivity contribution < 1.29 is 13.2 Å². The number of hydrogen-bond acceptors (Lipinski definition) is 3. The number of aryl methyl sites for hydroxylation is 2. The fraction of sp³-hybridized carbons (Fsp3) is 0.526. The van der Waals surface area contributed by atoms with Crippen LogP contribution in [0.5, 0.6) is 0 Å². The van der Waals surface area contributed by atoms with Crippen LogP contribution in [0.3, 0.4) is 0 Å². The van der Waals surface area contributed by atoms with Crippen LogP contribution in [0.2, 0.25) is 0 Å². The van der Waals surface area contributed by atoms with Crippen LogP contribution in [0.15, 0.2) is 29.8 Å². The molecule has 0 atom stereocenters. The van der Waals surface area contributed by atoms with Crippen molar-refractivity contribution in [1.82, 2.24) is 5.32 Å². The first-order chi connectivity index (χ1) is 11.8. The van der Waals surface area contributed by atoms with Crippen LogP contribution in [0.1, 0.15) is 43.2 Å². The normalized spacial score (nSPS) is 14.8. The second-order valence-corrected chi connectivity index (χ2v) is 8.65. The smallest absolute Gasteiger partial charge is 0.240 e. The number of nitrogens with one attached hydrogen (secondary N) is 1. The van der Waals surface area contributed by atoms with Gasteiger partial charge in [-0.25, -0.2) is 8.42 Å². The van der Waals surface area contributed by atoms with E-state index in [9.17, 15) is 13.2 Å². The number of hydrogen-bond donors (Lipinski definition) is 1. The molecule has 1 amide bonds. The Morgan fingerprint density at radius 2 is 1.96 bits per heavy atom. The van der Waals surface area contributed by atoms with Crippen molar-refractivity contribution in [2.24, 2.45) is 0 Å². The van der Waals surface area contributed by atoms with E-state index in [1.165, 1.54) is 18.4 Å². The predicted molar refractivity (Wildman–Crippen MR) is 102 cm³/mol. The van der Waals surface area contributed by atoms with Gasteiger partial charge < -0.3 is 5.32 Å². The van der Waals surface area contributed by atoms with Crippen LogP contribution in [0.4, 0.5) is 5.69 Å². The molecule has 6 heteroatoms. The lowest BCUT2D eigenvalue weighted by Gasteiger charge is -2.23. The minimum absolute atomic E-state index is 0.194. The van der Waals surface area contributed by atoms with Gasteiger partial charge in [0.05, 0.1) is 11.9 Å².